The van der Waals surface area contributed by atoms with Crippen molar-refractivity contribution < 1.29 is 4.79 Å². The number of anilines is 1. The van der Waals surface area contributed by atoms with E-state index in [4.69, 9.17) is 0 Å². The molecule has 1 atom stereocenters. The van der Waals surface area contributed by atoms with Gasteiger partial charge in [-0.2, -0.15) is 0 Å². The van der Waals surface area contributed by atoms with E-state index >= 15 is 0 Å². The molecular formula is C13H20N4O. The number of carbonyl (C=O) groups is 1. The third-order valence-electron chi connectivity index (χ3n) is 3.43. The van der Waals surface area contributed by atoms with Crippen molar-refractivity contribution in [3.8, 4) is 0 Å². The number of aromatic nitrogens is 2. The molecule has 1 saturated heterocycles. The Balaban J connectivity index is 2.05. The van der Waals surface area contributed by atoms with Crippen molar-refractivity contribution in [1.82, 2.24) is 14.9 Å². The molecule has 18 heavy (non-hydrogen) atoms. The molecule has 1 N–H and O–H groups in total. The fraction of sp³-hybridized carbons (Fsp3) is 0.615. The molecule has 5 heteroatoms. The SMILES string of the molecule is CNc1cnc(C(=O)N2CCCC(C)CC2)cn1. The number of nitrogens with one attached hydrogen (secondary N) is 1. The molecule has 2 rings (SSSR count). The van der Waals surface area contributed by atoms with Crippen LogP contribution in [0.1, 0.15) is 36.7 Å². The molecule has 98 valence electrons. The van der Waals surface area contributed by atoms with Gasteiger partial charge in [-0.15, -0.1) is 0 Å². The summed E-state index contributed by atoms with van der Waals surface area (Å²) in [5.74, 6) is 1.39. The molecule has 0 aliphatic carbocycles. The second-order valence-corrected chi connectivity index (χ2v) is 4.87. The lowest BCUT2D eigenvalue weighted by atomic mass is 10.0. The van der Waals surface area contributed by atoms with E-state index in [1.807, 2.05) is 4.90 Å². The molecule has 0 aromatic carbocycles. The van der Waals surface area contributed by atoms with Crippen LogP contribution in [0.2, 0.25) is 0 Å². The molecule has 1 fully saturated rings. The molecule has 0 bridgehead atoms. The van der Waals surface area contributed by atoms with Gasteiger partial charge >= 0.3 is 0 Å². The first-order valence-electron chi connectivity index (χ1n) is 6.49. The highest BCUT2D eigenvalue weighted by Gasteiger charge is 2.20. The van der Waals surface area contributed by atoms with Gasteiger partial charge in [0.2, 0.25) is 0 Å². The van der Waals surface area contributed by atoms with Gasteiger partial charge in [-0.05, 0) is 25.2 Å². The lowest BCUT2D eigenvalue weighted by Crippen LogP contribution is -2.32. The standard InChI is InChI=1S/C13H20N4O/c1-10-4-3-6-17(7-5-10)13(18)11-8-16-12(14-2)9-15-11/h8-10H,3-7H2,1-2H3,(H,14,16). The highest BCUT2D eigenvalue weighted by molar-refractivity contribution is 5.92. The Kier molecular flexibility index (Phi) is 4.12. The topological polar surface area (TPSA) is 58.1 Å². The van der Waals surface area contributed by atoms with Crippen LogP contribution in [0.4, 0.5) is 5.82 Å². The number of hydrogen-bond donors (Lipinski definition) is 1. The Morgan fingerprint density at radius 1 is 1.33 bits per heavy atom. The van der Waals surface area contributed by atoms with Crippen LogP contribution >= 0.6 is 0 Å². The van der Waals surface area contributed by atoms with Gasteiger partial charge < -0.3 is 10.2 Å². The van der Waals surface area contributed by atoms with Crippen LogP contribution in [0, 0.1) is 5.92 Å². The summed E-state index contributed by atoms with van der Waals surface area (Å²) in [6.07, 6.45) is 6.49. The summed E-state index contributed by atoms with van der Waals surface area (Å²) in [4.78, 5) is 22.4. The van der Waals surface area contributed by atoms with Crippen LogP contribution in [0.15, 0.2) is 12.4 Å². The van der Waals surface area contributed by atoms with E-state index in [0.29, 0.717) is 17.4 Å². The average Bonchev–Trinajstić information content (AvgIpc) is 2.63. The van der Waals surface area contributed by atoms with E-state index in [1.165, 1.54) is 6.42 Å². The summed E-state index contributed by atoms with van der Waals surface area (Å²) >= 11 is 0. The highest BCUT2D eigenvalue weighted by atomic mass is 16.2. The fourth-order valence-electron chi connectivity index (χ4n) is 2.20. The first-order valence-corrected chi connectivity index (χ1v) is 6.49. The van der Waals surface area contributed by atoms with E-state index in [-0.39, 0.29) is 5.91 Å². The van der Waals surface area contributed by atoms with Crippen molar-refractivity contribution in [2.75, 3.05) is 25.5 Å². The highest BCUT2D eigenvalue weighted by Crippen LogP contribution is 2.17. The number of carbonyl (C=O) groups excluding carboxylic acids is 1. The Morgan fingerprint density at radius 3 is 2.83 bits per heavy atom. The molecule has 1 aliphatic heterocycles. The molecule has 5 nitrogen and oxygen atoms in total. The molecule has 2 heterocycles. The van der Waals surface area contributed by atoms with Crippen LogP contribution in [-0.2, 0) is 0 Å². The summed E-state index contributed by atoms with van der Waals surface area (Å²) in [5, 5.41) is 2.89. The molecule has 0 saturated carbocycles. The van der Waals surface area contributed by atoms with Gasteiger partial charge in [0.1, 0.15) is 11.5 Å². The van der Waals surface area contributed by atoms with Crippen LogP contribution in [0.25, 0.3) is 0 Å². The molecule has 1 aromatic rings. The Bertz CT molecular complexity index is 404. The van der Waals surface area contributed by atoms with Crippen molar-refractivity contribution in [2.45, 2.75) is 26.2 Å². The zero-order valence-corrected chi connectivity index (χ0v) is 11.0. The van der Waals surface area contributed by atoms with Crippen LogP contribution in [-0.4, -0.2) is 40.9 Å². The van der Waals surface area contributed by atoms with Crippen molar-refractivity contribution >= 4 is 11.7 Å². The number of amides is 1. The Hall–Kier alpha value is -1.65. The van der Waals surface area contributed by atoms with Gasteiger partial charge in [0.25, 0.3) is 5.91 Å². The van der Waals surface area contributed by atoms with E-state index in [9.17, 15) is 4.79 Å². The zero-order valence-electron chi connectivity index (χ0n) is 11.0. The summed E-state index contributed by atoms with van der Waals surface area (Å²) in [6, 6.07) is 0. The number of nitrogens with zero attached hydrogens (tertiary/aromatic N) is 3. The first kappa shape index (κ1) is 12.8. The molecule has 1 aliphatic rings. The summed E-state index contributed by atoms with van der Waals surface area (Å²) in [5.41, 5.74) is 0.434. The minimum atomic E-state index is -0.000692. The quantitative estimate of drug-likeness (QED) is 0.866. The molecule has 0 spiro atoms. The van der Waals surface area contributed by atoms with Crippen molar-refractivity contribution in [3.05, 3.63) is 18.1 Å². The number of hydrogen-bond acceptors (Lipinski definition) is 4. The summed E-state index contributed by atoms with van der Waals surface area (Å²) in [7, 11) is 1.78. The minimum Gasteiger partial charge on any atom is -0.372 e. The Labute approximate surface area is 108 Å². The summed E-state index contributed by atoms with van der Waals surface area (Å²) < 4.78 is 0. The van der Waals surface area contributed by atoms with E-state index in [2.05, 4.69) is 22.2 Å². The third-order valence-corrected chi connectivity index (χ3v) is 3.43. The van der Waals surface area contributed by atoms with E-state index < -0.39 is 0 Å². The van der Waals surface area contributed by atoms with Gasteiger partial charge in [0.05, 0.1) is 12.4 Å². The van der Waals surface area contributed by atoms with E-state index in [1.54, 1.807) is 19.4 Å². The fourth-order valence-corrected chi connectivity index (χ4v) is 2.20. The van der Waals surface area contributed by atoms with Gasteiger partial charge in [-0.25, -0.2) is 9.97 Å². The lowest BCUT2D eigenvalue weighted by Gasteiger charge is -2.19. The van der Waals surface area contributed by atoms with Crippen LogP contribution < -0.4 is 5.32 Å². The number of likely N-dealkylation sites (tertiary alicyclic amines) is 1. The largest absolute Gasteiger partial charge is 0.372 e. The zero-order chi connectivity index (χ0) is 13.0. The first-order chi connectivity index (χ1) is 8.70. The minimum absolute atomic E-state index is 0.000692. The third kappa shape index (κ3) is 2.97. The van der Waals surface area contributed by atoms with Crippen LogP contribution in [0.3, 0.4) is 0 Å². The molecule has 1 aromatic heterocycles. The molecular weight excluding hydrogens is 228 g/mol. The predicted molar refractivity (Wildman–Crippen MR) is 70.5 cm³/mol. The molecule has 1 unspecified atom stereocenters. The van der Waals surface area contributed by atoms with Crippen molar-refractivity contribution in [2.24, 2.45) is 5.92 Å². The smallest absolute Gasteiger partial charge is 0.274 e. The molecule has 0 radical (unpaired) electrons. The van der Waals surface area contributed by atoms with Crippen LogP contribution in [0.5, 0.6) is 0 Å². The van der Waals surface area contributed by atoms with Crippen molar-refractivity contribution in [3.63, 3.8) is 0 Å². The molecule has 1 amide bonds. The number of rotatable bonds is 2. The summed E-state index contributed by atoms with van der Waals surface area (Å²) in [6.45, 7) is 3.91. The predicted octanol–water partition coefficient (Wildman–Crippen LogP) is 1.78. The van der Waals surface area contributed by atoms with Gasteiger partial charge in [-0.3, -0.25) is 4.79 Å². The maximum absolute atomic E-state index is 12.3. The van der Waals surface area contributed by atoms with Gasteiger partial charge in [0.15, 0.2) is 0 Å². The second-order valence-electron chi connectivity index (χ2n) is 4.87. The maximum atomic E-state index is 12.3. The second kappa shape index (κ2) is 5.80. The maximum Gasteiger partial charge on any atom is 0.274 e. The monoisotopic (exact) mass is 248 g/mol. The normalized spacial score (nSPS) is 20.3. The van der Waals surface area contributed by atoms with Gasteiger partial charge in [0, 0.05) is 20.1 Å². The average molecular weight is 248 g/mol. The van der Waals surface area contributed by atoms with Gasteiger partial charge in [-0.1, -0.05) is 6.92 Å². The lowest BCUT2D eigenvalue weighted by molar-refractivity contribution is 0.0754. The van der Waals surface area contributed by atoms with E-state index in [0.717, 1.165) is 25.9 Å². The van der Waals surface area contributed by atoms with Crippen molar-refractivity contribution in [1.29, 1.82) is 0 Å². The Morgan fingerprint density at radius 2 is 2.17 bits per heavy atom.